The maximum atomic E-state index is 15.0. The molecule has 2 bridgehead atoms. The number of piperidine rings is 2. The van der Waals surface area contributed by atoms with Crippen LogP contribution in [-0.4, -0.2) is 56.6 Å². The molecule has 30 heavy (non-hydrogen) atoms. The fraction of sp³-hybridized carbons (Fsp3) is 0.455. The van der Waals surface area contributed by atoms with Gasteiger partial charge in [0, 0.05) is 36.4 Å². The van der Waals surface area contributed by atoms with Crippen molar-refractivity contribution in [1.29, 1.82) is 0 Å². The van der Waals surface area contributed by atoms with Crippen LogP contribution in [0.3, 0.4) is 0 Å². The number of aromatic hydroxyl groups is 1. The fourth-order valence-corrected chi connectivity index (χ4v) is 4.75. The van der Waals surface area contributed by atoms with Crippen LogP contribution in [0.4, 0.5) is 10.2 Å². The van der Waals surface area contributed by atoms with Crippen molar-refractivity contribution < 1.29 is 9.50 Å². The predicted molar refractivity (Wildman–Crippen MR) is 113 cm³/mol. The lowest BCUT2D eigenvalue weighted by molar-refractivity contribution is 0.107. The molecule has 4 atom stereocenters. The first-order valence-corrected chi connectivity index (χ1v) is 10.4. The van der Waals surface area contributed by atoms with Crippen LogP contribution >= 0.6 is 0 Å². The number of alkyl halides is 1. The molecule has 0 aliphatic carbocycles. The number of fused-ring (bicyclic) bond motifs is 3. The van der Waals surface area contributed by atoms with Crippen molar-refractivity contribution in [3.8, 4) is 17.1 Å². The minimum absolute atomic E-state index is 0.0751. The molecule has 4 heterocycles. The number of rotatable bonds is 3. The van der Waals surface area contributed by atoms with Crippen LogP contribution in [0.2, 0.25) is 0 Å². The van der Waals surface area contributed by atoms with E-state index in [0.29, 0.717) is 23.2 Å². The maximum Gasteiger partial charge on any atom is 0.185 e. The second kappa shape index (κ2) is 7.43. The zero-order chi connectivity index (χ0) is 20.8. The Morgan fingerprint density at radius 3 is 2.77 bits per heavy atom. The maximum absolute atomic E-state index is 15.0. The lowest BCUT2D eigenvalue weighted by atomic mass is 9.82. The van der Waals surface area contributed by atoms with E-state index in [2.05, 4.69) is 25.5 Å². The van der Waals surface area contributed by atoms with Crippen molar-refractivity contribution in [3.05, 3.63) is 36.3 Å². The summed E-state index contributed by atoms with van der Waals surface area (Å²) < 4.78 is 15.0. The molecule has 0 saturated carbocycles. The Bertz CT molecular complexity index is 1080. The van der Waals surface area contributed by atoms with E-state index < -0.39 is 6.17 Å². The van der Waals surface area contributed by atoms with E-state index in [1.54, 1.807) is 18.5 Å². The molecule has 5 rings (SSSR count). The zero-order valence-corrected chi connectivity index (χ0v) is 17.1. The van der Waals surface area contributed by atoms with E-state index in [1.807, 2.05) is 31.0 Å². The van der Waals surface area contributed by atoms with Crippen molar-refractivity contribution in [2.24, 2.45) is 0 Å². The SMILES string of the molecule is Cc1cc2cc(-c3ncc(N(C)[C@@H]4CC5CCCC(N5)[C@@H]4F)nn3)c(O)cc2cn1. The summed E-state index contributed by atoms with van der Waals surface area (Å²) in [4.78, 5) is 10.5. The number of aryl methyl sites for hydroxylation is 1. The smallest absolute Gasteiger partial charge is 0.185 e. The highest BCUT2D eigenvalue weighted by molar-refractivity contribution is 5.89. The number of phenols is 1. The Morgan fingerprint density at radius 2 is 1.97 bits per heavy atom. The average Bonchev–Trinajstić information content (AvgIpc) is 2.76. The molecular weight excluding hydrogens is 383 g/mol. The Labute approximate surface area is 174 Å². The van der Waals surface area contributed by atoms with Gasteiger partial charge in [-0.15, -0.1) is 10.2 Å². The van der Waals surface area contributed by atoms with Crippen molar-refractivity contribution >= 4 is 16.6 Å². The Hall–Kier alpha value is -2.87. The van der Waals surface area contributed by atoms with E-state index in [4.69, 9.17) is 0 Å². The number of phenolic OH excluding ortho intramolecular Hbond substituents is 1. The number of nitrogens with zero attached hydrogens (tertiary/aromatic N) is 5. The second-order valence-corrected chi connectivity index (χ2v) is 8.44. The Morgan fingerprint density at radius 1 is 1.10 bits per heavy atom. The highest BCUT2D eigenvalue weighted by Gasteiger charge is 2.42. The first kappa shape index (κ1) is 19.1. The number of halogens is 1. The summed E-state index contributed by atoms with van der Waals surface area (Å²) in [6, 6.07) is 5.47. The van der Waals surface area contributed by atoms with E-state index in [9.17, 15) is 5.11 Å². The van der Waals surface area contributed by atoms with Gasteiger partial charge in [-0.25, -0.2) is 9.37 Å². The first-order chi connectivity index (χ1) is 14.5. The average molecular weight is 408 g/mol. The molecule has 8 heteroatoms. The molecule has 2 aliphatic heterocycles. The van der Waals surface area contributed by atoms with Gasteiger partial charge in [0.05, 0.1) is 17.8 Å². The number of anilines is 1. The molecule has 7 nitrogen and oxygen atoms in total. The Kier molecular flexibility index (Phi) is 4.73. The Balaban J connectivity index is 1.41. The van der Waals surface area contributed by atoms with E-state index in [0.717, 1.165) is 42.1 Å². The van der Waals surface area contributed by atoms with Crippen molar-refractivity contribution in [2.45, 2.75) is 56.9 Å². The van der Waals surface area contributed by atoms with Crippen molar-refractivity contribution in [2.75, 3.05) is 11.9 Å². The van der Waals surface area contributed by atoms with Crippen LogP contribution in [0.15, 0.2) is 30.6 Å². The molecule has 2 unspecified atom stereocenters. The fourth-order valence-electron chi connectivity index (χ4n) is 4.75. The molecule has 1 aromatic carbocycles. The summed E-state index contributed by atoms with van der Waals surface area (Å²) in [5.74, 6) is 0.942. The van der Waals surface area contributed by atoms with E-state index >= 15 is 4.39 Å². The molecule has 0 spiro atoms. The minimum atomic E-state index is -0.950. The highest BCUT2D eigenvalue weighted by Crippen LogP contribution is 2.33. The molecule has 2 saturated heterocycles. The van der Waals surface area contributed by atoms with Gasteiger partial charge < -0.3 is 15.3 Å². The summed E-state index contributed by atoms with van der Waals surface area (Å²) in [7, 11) is 1.85. The number of aromatic nitrogens is 4. The van der Waals surface area contributed by atoms with Crippen LogP contribution in [-0.2, 0) is 0 Å². The molecule has 156 valence electrons. The van der Waals surface area contributed by atoms with Crippen LogP contribution in [0.25, 0.3) is 22.2 Å². The predicted octanol–water partition coefficient (Wildman–Crippen LogP) is 3.16. The normalized spacial score (nSPS) is 26.0. The summed E-state index contributed by atoms with van der Waals surface area (Å²) in [6.45, 7) is 1.92. The van der Waals surface area contributed by atoms with Gasteiger partial charge in [-0.3, -0.25) is 4.98 Å². The van der Waals surface area contributed by atoms with E-state index in [1.165, 1.54) is 0 Å². The van der Waals surface area contributed by atoms with Crippen LogP contribution in [0.5, 0.6) is 5.75 Å². The number of nitrogens with one attached hydrogen (secondary N) is 1. The van der Waals surface area contributed by atoms with Gasteiger partial charge in [-0.2, -0.15) is 0 Å². The minimum Gasteiger partial charge on any atom is -0.507 e. The number of hydrogen-bond donors (Lipinski definition) is 2. The van der Waals surface area contributed by atoms with Gasteiger partial charge in [-0.05, 0) is 49.8 Å². The van der Waals surface area contributed by atoms with Crippen LogP contribution < -0.4 is 10.2 Å². The second-order valence-electron chi connectivity index (χ2n) is 8.44. The van der Waals surface area contributed by atoms with Gasteiger partial charge >= 0.3 is 0 Å². The van der Waals surface area contributed by atoms with Crippen LogP contribution in [0.1, 0.15) is 31.4 Å². The summed E-state index contributed by atoms with van der Waals surface area (Å²) >= 11 is 0. The molecule has 2 N–H and O–H groups in total. The molecule has 2 aromatic heterocycles. The quantitative estimate of drug-likeness (QED) is 0.688. The standard InChI is InChI=1S/C22H25FN6O/c1-12-6-13-7-16(19(30)8-14(13)10-24-12)22-25-11-20(27-28-22)29(2)18-9-15-4-3-5-17(26-15)21(18)23/h6-8,10-11,15,17-18,21,26,30H,3-5,9H2,1-2H3/t15?,17?,18-,21+/m1/s1. The number of benzene rings is 1. The van der Waals surface area contributed by atoms with Gasteiger partial charge in [0.25, 0.3) is 0 Å². The van der Waals surface area contributed by atoms with Crippen molar-refractivity contribution in [1.82, 2.24) is 25.5 Å². The lowest BCUT2D eigenvalue weighted by Gasteiger charge is -2.45. The number of hydrogen-bond acceptors (Lipinski definition) is 7. The summed E-state index contributed by atoms with van der Waals surface area (Å²) in [5, 5.41) is 24.2. The van der Waals surface area contributed by atoms with Gasteiger partial charge in [0.1, 0.15) is 11.9 Å². The van der Waals surface area contributed by atoms with Crippen molar-refractivity contribution in [3.63, 3.8) is 0 Å². The molecule has 2 fully saturated rings. The third-order valence-corrected chi connectivity index (χ3v) is 6.42. The third kappa shape index (κ3) is 3.35. The summed E-state index contributed by atoms with van der Waals surface area (Å²) in [5.41, 5.74) is 1.40. The molecular formula is C22H25FN6O. The third-order valence-electron chi connectivity index (χ3n) is 6.42. The van der Waals surface area contributed by atoms with Gasteiger partial charge in [-0.1, -0.05) is 6.42 Å². The zero-order valence-electron chi connectivity index (χ0n) is 17.1. The van der Waals surface area contributed by atoms with Gasteiger partial charge in [0.15, 0.2) is 11.6 Å². The highest BCUT2D eigenvalue weighted by atomic mass is 19.1. The lowest BCUT2D eigenvalue weighted by Crippen LogP contribution is -2.61. The largest absolute Gasteiger partial charge is 0.507 e. The summed E-state index contributed by atoms with van der Waals surface area (Å²) in [6.07, 6.45) is 6.18. The monoisotopic (exact) mass is 408 g/mol. The van der Waals surface area contributed by atoms with Gasteiger partial charge in [0.2, 0.25) is 0 Å². The first-order valence-electron chi connectivity index (χ1n) is 10.4. The van der Waals surface area contributed by atoms with E-state index in [-0.39, 0.29) is 17.8 Å². The number of pyridine rings is 1. The molecule has 3 aromatic rings. The topological polar surface area (TPSA) is 87.1 Å². The molecule has 0 radical (unpaired) electrons. The molecule has 0 amide bonds. The molecule has 2 aliphatic rings. The van der Waals surface area contributed by atoms with Crippen LogP contribution in [0, 0.1) is 6.92 Å².